The Morgan fingerprint density at radius 1 is 0.854 bits per heavy atom. The summed E-state index contributed by atoms with van der Waals surface area (Å²) in [6.45, 7) is 22.3. The van der Waals surface area contributed by atoms with E-state index in [4.69, 9.17) is 10.5 Å². The van der Waals surface area contributed by atoms with E-state index < -0.39 is 0 Å². The maximum atomic E-state index is 14.2. The van der Waals surface area contributed by atoms with Gasteiger partial charge in [-0.1, -0.05) is 54.4 Å². The van der Waals surface area contributed by atoms with Crippen molar-refractivity contribution in [3.8, 4) is 0 Å². The summed E-state index contributed by atoms with van der Waals surface area (Å²) in [5.41, 5.74) is 5.82. The fraction of sp³-hybridized carbons (Fsp3) is 0.949. The molecule has 0 aromatic rings. The molecule has 4 saturated carbocycles. The first-order valence-corrected chi connectivity index (χ1v) is 19.7. The Hall–Kier alpha value is -1.26. The van der Waals surface area contributed by atoms with E-state index in [1.807, 2.05) is 0 Å². The zero-order chi connectivity index (χ0) is 35.1. The van der Waals surface area contributed by atoms with Crippen LogP contribution in [0.1, 0.15) is 113 Å². The topological polar surface area (TPSA) is 138 Å². The number of ether oxygens (including phenoxy) is 1. The summed E-state index contributed by atoms with van der Waals surface area (Å²) in [6.07, 6.45) is 9.91. The van der Waals surface area contributed by atoms with Crippen LogP contribution in [-0.4, -0.2) is 81.5 Å². The lowest BCUT2D eigenvalue weighted by Crippen LogP contribution is -2.62. The van der Waals surface area contributed by atoms with Crippen molar-refractivity contribution in [1.82, 2.24) is 21.3 Å². The Morgan fingerprint density at radius 2 is 1.50 bits per heavy atom. The van der Waals surface area contributed by atoms with Crippen molar-refractivity contribution >= 4 is 11.9 Å². The lowest BCUT2D eigenvalue weighted by Gasteiger charge is -2.68. The van der Waals surface area contributed by atoms with Crippen LogP contribution in [0.25, 0.3) is 0 Å². The molecule has 0 saturated heterocycles. The summed E-state index contributed by atoms with van der Waals surface area (Å²) in [7, 11) is 0. The van der Waals surface area contributed by atoms with E-state index in [1.165, 1.54) is 6.92 Å². The second-order valence-electron chi connectivity index (χ2n) is 17.4. The Bertz CT molecular complexity index is 1040. The highest BCUT2D eigenvalue weighted by molar-refractivity contribution is 5.79. The highest BCUT2D eigenvalue weighted by Gasteiger charge is 2.70. The van der Waals surface area contributed by atoms with Gasteiger partial charge in [0.05, 0.1) is 6.10 Å². The van der Waals surface area contributed by atoms with E-state index >= 15 is 0 Å². The number of aliphatic hydroxyl groups is 1. The zero-order valence-electron chi connectivity index (χ0n) is 31.7. The lowest BCUT2D eigenvalue weighted by molar-refractivity contribution is -0.203. The van der Waals surface area contributed by atoms with E-state index in [0.29, 0.717) is 42.7 Å². The molecule has 0 aromatic carbocycles. The third-order valence-corrected chi connectivity index (χ3v) is 14.3. The predicted molar refractivity (Wildman–Crippen MR) is 194 cm³/mol. The molecule has 4 rings (SSSR count). The summed E-state index contributed by atoms with van der Waals surface area (Å²) in [5, 5.41) is 24.3. The fourth-order valence-corrected chi connectivity index (χ4v) is 11.7. The van der Waals surface area contributed by atoms with Gasteiger partial charge in [-0.3, -0.25) is 9.59 Å². The fourth-order valence-electron chi connectivity index (χ4n) is 11.7. The SMILES string of the molecule is CC(=O)O[C@H]1C[C@@]2(C)C(CCC3[C@@]4(C)CC[C@@H](O)[C@@H](C)C4CC[C@@]32C)[C@@H]1[C@H](CCCC(C)C)C(=O)NCCNCCNCCNCCN. The number of rotatable bonds is 18. The maximum absolute atomic E-state index is 14.2. The average molecular weight is 676 g/mol. The van der Waals surface area contributed by atoms with Crippen LogP contribution < -0.4 is 27.0 Å². The molecule has 0 heterocycles. The summed E-state index contributed by atoms with van der Waals surface area (Å²) in [4.78, 5) is 26.8. The van der Waals surface area contributed by atoms with Crippen LogP contribution in [0.5, 0.6) is 0 Å². The molecule has 4 fully saturated rings. The maximum Gasteiger partial charge on any atom is 0.302 e. The predicted octanol–water partition coefficient (Wildman–Crippen LogP) is 4.47. The number of aliphatic hydroxyl groups excluding tert-OH is 1. The molecule has 48 heavy (non-hydrogen) atoms. The Morgan fingerprint density at radius 3 is 2.12 bits per heavy atom. The average Bonchev–Trinajstić information content (AvgIpc) is 3.31. The minimum Gasteiger partial charge on any atom is -0.462 e. The highest BCUT2D eigenvalue weighted by atomic mass is 16.5. The first-order valence-electron chi connectivity index (χ1n) is 19.7. The van der Waals surface area contributed by atoms with Crippen LogP contribution in [0.4, 0.5) is 0 Å². The molecule has 0 bridgehead atoms. The number of hydrogen-bond acceptors (Lipinski definition) is 8. The summed E-state index contributed by atoms with van der Waals surface area (Å²) >= 11 is 0. The zero-order valence-corrected chi connectivity index (χ0v) is 31.7. The van der Waals surface area contributed by atoms with Gasteiger partial charge in [0.15, 0.2) is 0 Å². The molecule has 0 radical (unpaired) electrons. The number of nitrogens with two attached hydrogens (primary N) is 1. The number of nitrogens with one attached hydrogen (secondary N) is 4. The van der Waals surface area contributed by atoms with E-state index in [-0.39, 0.29) is 52.2 Å². The first-order chi connectivity index (χ1) is 22.8. The van der Waals surface area contributed by atoms with Crippen molar-refractivity contribution in [2.24, 2.45) is 63.4 Å². The molecule has 3 unspecified atom stereocenters. The van der Waals surface area contributed by atoms with Crippen LogP contribution in [0.15, 0.2) is 0 Å². The van der Waals surface area contributed by atoms with Crippen LogP contribution in [-0.2, 0) is 14.3 Å². The second kappa shape index (κ2) is 17.3. The lowest BCUT2D eigenvalue weighted by atomic mass is 9.37. The molecule has 0 spiro atoms. The van der Waals surface area contributed by atoms with E-state index in [9.17, 15) is 14.7 Å². The van der Waals surface area contributed by atoms with Crippen molar-refractivity contribution in [2.75, 3.05) is 52.4 Å². The Kier molecular flexibility index (Phi) is 14.2. The van der Waals surface area contributed by atoms with Gasteiger partial charge in [-0.15, -0.1) is 0 Å². The molecule has 7 N–H and O–H groups in total. The van der Waals surface area contributed by atoms with Gasteiger partial charge < -0.3 is 36.8 Å². The normalized spacial score (nSPS) is 38.2. The minimum absolute atomic E-state index is 0.0149. The third kappa shape index (κ3) is 8.43. The molecular weight excluding hydrogens is 602 g/mol. The molecule has 9 heteroatoms. The number of carbonyl (C=O) groups excluding carboxylic acids is 2. The Balaban J connectivity index is 1.48. The van der Waals surface area contributed by atoms with Crippen molar-refractivity contribution in [3.05, 3.63) is 0 Å². The molecule has 0 aromatic heterocycles. The van der Waals surface area contributed by atoms with Crippen molar-refractivity contribution < 1.29 is 19.4 Å². The molecule has 4 aliphatic rings. The minimum atomic E-state index is -0.232. The molecule has 1 amide bonds. The molecule has 4 aliphatic carbocycles. The number of amides is 1. The van der Waals surface area contributed by atoms with Crippen LogP contribution in [0, 0.1) is 57.7 Å². The van der Waals surface area contributed by atoms with Gasteiger partial charge >= 0.3 is 5.97 Å². The molecular formula is C39H73N5O4. The summed E-state index contributed by atoms with van der Waals surface area (Å²) in [5.74, 6) is 2.17. The van der Waals surface area contributed by atoms with Crippen molar-refractivity contribution in [1.29, 1.82) is 0 Å². The largest absolute Gasteiger partial charge is 0.462 e. The second-order valence-corrected chi connectivity index (χ2v) is 17.4. The van der Waals surface area contributed by atoms with Crippen LogP contribution in [0.3, 0.4) is 0 Å². The van der Waals surface area contributed by atoms with Gasteiger partial charge in [-0.05, 0) is 97.2 Å². The summed E-state index contributed by atoms with van der Waals surface area (Å²) in [6, 6.07) is 0. The van der Waals surface area contributed by atoms with E-state index in [0.717, 1.165) is 103 Å². The van der Waals surface area contributed by atoms with Crippen LogP contribution in [0.2, 0.25) is 0 Å². The monoisotopic (exact) mass is 676 g/mol. The smallest absolute Gasteiger partial charge is 0.302 e. The van der Waals surface area contributed by atoms with E-state index in [2.05, 4.69) is 62.8 Å². The molecule has 0 aliphatic heterocycles. The number of carbonyl (C=O) groups is 2. The molecule has 11 atom stereocenters. The van der Waals surface area contributed by atoms with Crippen molar-refractivity contribution in [2.45, 2.75) is 125 Å². The third-order valence-electron chi connectivity index (χ3n) is 14.3. The molecule has 9 nitrogen and oxygen atoms in total. The van der Waals surface area contributed by atoms with Gasteiger partial charge in [0.25, 0.3) is 0 Å². The van der Waals surface area contributed by atoms with Gasteiger partial charge in [0.2, 0.25) is 5.91 Å². The molecule has 278 valence electrons. The van der Waals surface area contributed by atoms with Gasteiger partial charge in [-0.2, -0.15) is 0 Å². The van der Waals surface area contributed by atoms with E-state index in [1.54, 1.807) is 0 Å². The summed E-state index contributed by atoms with van der Waals surface area (Å²) < 4.78 is 6.26. The number of hydrogen-bond donors (Lipinski definition) is 6. The van der Waals surface area contributed by atoms with Crippen molar-refractivity contribution in [3.63, 3.8) is 0 Å². The number of fused-ring (bicyclic) bond motifs is 5. The first kappa shape index (κ1) is 39.5. The highest BCUT2D eigenvalue weighted by Crippen LogP contribution is 2.74. The quantitative estimate of drug-likeness (QED) is 0.0925. The Labute approximate surface area is 292 Å². The van der Waals surface area contributed by atoms with Crippen LogP contribution >= 0.6 is 0 Å². The van der Waals surface area contributed by atoms with Gasteiger partial charge in [-0.25, -0.2) is 0 Å². The van der Waals surface area contributed by atoms with Gasteiger partial charge in [0.1, 0.15) is 6.10 Å². The van der Waals surface area contributed by atoms with Gasteiger partial charge in [0, 0.05) is 71.1 Å². The standard InChI is InChI=1S/C39H73N5O4/c1-26(2)9-8-10-29(36(47)44-24-23-43-22-21-42-20-19-41-18-17-40)35-31-11-12-34-37(5)15-14-32(46)27(3)30(37)13-16-38(34,6)39(31,7)25-33(35)48-28(4)45/h26-27,29-35,41-43,46H,8-25,40H2,1-7H3,(H,44,47)/t27-,29-,30?,31?,32+,33-,34?,35-,37-,38-,39-/m0/s1. The number of esters is 1.